The zero-order valence-electron chi connectivity index (χ0n) is 11.2. The van der Waals surface area contributed by atoms with Gasteiger partial charge in [-0.1, -0.05) is 25.7 Å². The number of carbonyl (C=O) groups is 1. The molecule has 0 saturated heterocycles. The van der Waals surface area contributed by atoms with Crippen LogP contribution in [0.15, 0.2) is 0 Å². The van der Waals surface area contributed by atoms with E-state index < -0.39 is 11.6 Å². The van der Waals surface area contributed by atoms with Crippen LogP contribution in [0.4, 0.5) is 0 Å². The molecule has 1 unspecified atom stereocenters. The molecule has 102 valence electrons. The van der Waals surface area contributed by atoms with Crippen LogP contribution in [0.1, 0.15) is 59.3 Å². The molecule has 1 fully saturated rings. The third kappa shape index (κ3) is 6.27. The Balaban J connectivity index is 0.00000256. The van der Waals surface area contributed by atoms with Crippen molar-refractivity contribution in [3.63, 3.8) is 0 Å². The van der Waals surface area contributed by atoms with Crippen LogP contribution in [-0.4, -0.2) is 17.6 Å². The predicted molar refractivity (Wildman–Crippen MR) is 72.3 cm³/mol. The molecule has 17 heavy (non-hydrogen) atoms. The maximum absolute atomic E-state index is 11.8. The van der Waals surface area contributed by atoms with Crippen molar-refractivity contribution in [2.75, 3.05) is 0 Å². The van der Waals surface area contributed by atoms with Crippen LogP contribution in [0.3, 0.4) is 0 Å². The van der Waals surface area contributed by atoms with Crippen molar-refractivity contribution in [2.45, 2.75) is 70.9 Å². The first-order valence-corrected chi connectivity index (χ1v) is 6.38. The lowest BCUT2D eigenvalue weighted by atomic mass is 9.92. The summed E-state index contributed by atoms with van der Waals surface area (Å²) in [4.78, 5) is 11.8. The number of rotatable bonds is 2. The van der Waals surface area contributed by atoms with Crippen molar-refractivity contribution < 1.29 is 9.53 Å². The highest BCUT2D eigenvalue weighted by Gasteiger charge is 2.29. The molecule has 4 heteroatoms. The minimum atomic E-state index is -0.433. The molecule has 1 aliphatic rings. The number of halogens is 1. The molecule has 0 heterocycles. The fourth-order valence-corrected chi connectivity index (χ4v) is 2.23. The molecular formula is C13H26ClNO2. The van der Waals surface area contributed by atoms with E-state index >= 15 is 0 Å². The number of hydrogen-bond acceptors (Lipinski definition) is 3. The van der Waals surface area contributed by atoms with E-state index in [9.17, 15) is 4.79 Å². The molecule has 1 aliphatic carbocycles. The molecule has 3 nitrogen and oxygen atoms in total. The van der Waals surface area contributed by atoms with Crippen molar-refractivity contribution in [3.05, 3.63) is 0 Å². The van der Waals surface area contributed by atoms with Crippen molar-refractivity contribution in [3.8, 4) is 0 Å². The third-order valence-electron chi connectivity index (χ3n) is 3.09. The largest absolute Gasteiger partial charge is 0.459 e. The highest BCUT2D eigenvalue weighted by atomic mass is 35.5. The number of esters is 1. The van der Waals surface area contributed by atoms with Crippen molar-refractivity contribution in [2.24, 2.45) is 11.7 Å². The van der Waals surface area contributed by atoms with Gasteiger partial charge in [-0.05, 0) is 39.5 Å². The first-order chi connectivity index (χ1) is 7.40. The van der Waals surface area contributed by atoms with E-state index in [0.717, 1.165) is 12.8 Å². The van der Waals surface area contributed by atoms with Gasteiger partial charge >= 0.3 is 5.97 Å². The highest BCUT2D eigenvalue weighted by molar-refractivity contribution is 5.85. The van der Waals surface area contributed by atoms with Crippen LogP contribution in [0.2, 0.25) is 0 Å². The van der Waals surface area contributed by atoms with Crippen LogP contribution in [0, 0.1) is 5.92 Å². The fraction of sp³-hybridized carbons (Fsp3) is 0.923. The van der Waals surface area contributed by atoms with Crippen LogP contribution < -0.4 is 5.73 Å². The van der Waals surface area contributed by atoms with Crippen LogP contribution in [0.25, 0.3) is 0 Å². The molecule has 0 amide bonds. The van der Waals surface area contributed by atoms with Crippen molar-refractivity contribution >= 4 is 18.4 Å². The molecule has 0 aromatic carbocycles. The molecule has 1 rings (SSSR count). The molecule has 0 bridgehead atoms. The van der Waals surface area contributed by atoms with Gasteiger partial charge in [0.1, 0.15) is 11.6 Å². The van der Waals surface area contributed by atoms with Gasteiger partial charge < -0.3 is 10.5 Å². The van der Waals surface area contributed by atoms with Crippen molar-refractivity contribution in [1.29, 1.82) is 0 Å². The van der Waals surface area contributed by atoms with Crippen LogP contribution in [-0.2, 0) is 9.53 Å². The molecule has 1 saturated carbocycles. The Kier molecular flexibility index (Phi) is 7.10. The summed E-state index contributed by atoms with van der Waals surface area (Å²) < 4.78 is 5.33. The summed E-state index contributed by atoms with van der Waals surface area (Å²) in [6.45, 7) is 5.64. The van der Waals surface area contributed by atoms with E-state index in [1.807, 2.05) is 20.8 Å². The Morgan fingerprint density at radius 1 is 1.18 bits per heavy atom. The summed E-state index contributed by atoms with van der Waals surface area (Å²) in [5.74, 6) is 0.0803. The van der Waals surface area contributed by atoms with Crippen molar-refractivity contribution in [1.82, 2.24) is 0 Å². The molecular weight excluding hydrogens is 238 g/mol. The van der Waals surface area contributed by atoms with Gasteiger partial charge in [0, 0.05) is 0 Å². The SMILES string of the molecule is CC(C)(C)OC(=O)C(N)C1CCCCCC1.Cl. The number of nitrogens with two attached hydrogens (primary N) is 1. The molecule has 2 N–H and O–H groups in total. The second-order valence-corrected chi connectivity index (χ2v) is 5.81. The Morgan fingerprint density at radius 3 is 2.06 bits per heavy atom. The zero-order chi connectivity index (χ0) is 12.2. The van der Waals surface area contributed by atoms with Gasteiger partial charge in [0.2, 0.25) is 0 Å². The first-order valence-electron chi connectivity index (χ1n) is 6.38. The molecule has 0 aromatic heterocycles. The van der Waals surface area contributed by atoms with Gasteiger partial charge in [0.15, 0.2) is 0 Å². The molecule has 0 spiro atoms. The maximum atomic E-state index is 11.8. The minimum absolute atomic E-state index is 0. The summed E-state index contributed by atoms with van der Waals surface area (Å²) in [7, 11) is 0. The molecule has 0 aliphatic heterocycles. The van der Waals surface area contributed by atoms with Gasteiger partial charge in [-0.2, -0.15) is 0 Å². The van der Waals surface area contributed by atoms with Gasteiger partial charge in [-0.25, -0.2) is 0 Å². The number of hydrogen-bond donors (Lipinski definition) is 1. The quantitative estimate of drug-likeness (QED) is 0.615. The fourth-order valence-electron chi connectivity index (χ4n) is 2.23. The second kappa shape index (κ2) is 7.22. The smallest absolute Gasteiger partial charge is 0.323 e. The lowest BCUT2D eigenvalue weighted by Gasteiger charge is -2.26. The summed E-state index contributed by atoms with van der Waals surface area (Å²) in [5, 5.41) is 0. The molecule has 1 atom stereocenters. The van der Waals surface area contributed by atoms with E-state index in [2.05, 4.69) is 0 Å². The zero-order valence-corrected chi connectivity index (χ0v) is 12.0. The number of carbonyl (C=O) groups excluding carboxylic acids is 1. The standard InChI is InChI=1S/C13H25NO2.ClH/c1-13(2,3)16-12(15)11(14)10-8-6-4-5-7-9-10;/h10-11H,4-9,14H2,1-3H3;1H. The van der Waals surface area contributed by atoms with Gasteiger partial charge in [-0.3, -0.25) is 4.79 Å². The summed E-state index contributed by atoms with van der Waals surface area (Å²) in [6, 6.07) is -0.433. The summed E-state index contributed by atoms with van der Waals surface area (Å²) >= 11 is 0. The Bertz CT molecular complexity index is 230. The highest BCUT2D eigenvalue weighted by Crippen LogP contribution is 2.25. The van der Waals surface area contributed by atoms with E-state index in [4.69, 9.17) is 10.5 Å². The van der Waals surface area contributed by atoms with Crippen LogP contribution in [0.5, 0.6) is 0 Å². The van der Waals surface area contributed by atoms with Gasteiger partial charge in [0.05, 0.1) is 0 Å². The lowest BCUT2D eigenvalue weighted by Crippen LogP contribution is -2.42. The molecule has 0 aromatic rings. The van der Waals surface area contributed by atoms with Gasteiger partial charge in [-0.15, -0.1) is 12.4 Å². The average molecular weight is 264 g/mol. The topological polar surface area (TPSA) is 52.3 Å². The predicted octanol–water partition coefficient (Wildman–Crippen LogP) is 3.05. The summed E-state index contributed by atoms with van der Waals surface area (Å²) in [6.07, 6.45) is 7.08. The van der Waals surface area contributed by atoms with Crippen LogP contribution >= 0.6 is 12.4 Å². The second-order valence-electron chi connectivity index (χ2n) is 5.81. The van der Waals surface area contributed by atoms with E-state index in [0.29, 0.717) is 5.92 Å². The maximum Gasteiger partial charge on any atom is 0.323 e. The first kappa shape index (κ1) is 16.7. The summed E-state index contributed by atoms with van der Waals surface area (Å²) in [5.41, 5.74) is 5.56. The Hall–Kier alpha value is -0.280. The normalized spacial score (nSPS) is 20.0. The molecule has 0 radical (unpaired) electrons. The van der Waals surface area contributed by atoms with E-state index in [-0.39, 0.29) is 18.4 Å². The lowest BCUT2D eigenvalue weighted by molar-refractivity contribution is -0.158. The monoisotopic (exact) mass is 263 g/mol. The Labute approximate surface area is 111 Å². The van der Waals surface area contributed by atoms with Gasteiger partial charge in [0.25, 0.3) is 0 Å². The van der Waals surface area contributed by atoms with E-state index in [1.165, 1.54) is 25.7 Å². The number of ether oxygens (including phenoxy) is 1. The minimum Gasteiger partial charge on any atom is -0.459 e. The Morgan fingerprint density at radius 2 is 1.65 bits per heavy atom. The average Bonchev–Trinajstić information content (AvgIpc) is 2.41. The van der Waals surface area contributed by atoms with E-state index in [1.54, 1.807) is 0 Å². The third-order valence-corrected chi connectivity index (χ3v) is 3.09.